The second kappa shape index (κ2) is 5.44. The monoisotopic (exact) mass is 280 g/mol. The Morgan fingerprint density at radius 1 is 1.24 bits per heavy atom. The molecule has 0 amide bonds. The van der Waals surface area contributed by atoms with Crippen LogP contribution in [-0.2, 0) is 6.18 Å². The minimum Gasteiger partial charge on any atom is -0.166 e. The normalized spacial score (nSPS) is 12.8. The van der Waals surface area contributed by atoms with Crippen LogP contribution in [0.15, 0.2) is 24.3 Å². The Hall–Kier alpha value is -0.483. The van der Waals surface area contributed by atoms with Crippen molar-refractivity contribution in [3.8, 4) is 0 Å². The van der Waals surface area contributed by atoms with Gasteiger partial charge in [-0.2, -0.15) is 13.2 Å². The van der Waals surface area contributed by atoms with E-state index in [2.05, 4.69) is 13.1 Å². The fraction of sp³-hybridized carbons (Fsp3) is 0.500. The van der Waals surface area contributed by atoms with E-state index >= 15 is 0 Å². The Labute approximate surface area is 106 Å². The van der Waals surface area contributed by atoms with Crippen molar-refractivity contribution < 1.29 is 13.2 Å². The predicted octanol–water partition coefficient (Wildman–Crippen LogP) is 4.25. The van der Waals surface area contributed by atoms with Crippen LogP contribution in [0.3, 0.4) is 0 Å². The minimum atomic E-state index is -4.26. The Balaban J connectivity index is 2.98. The van der Waals surface area contributed by atoms with Gasteiger partial charge in [-0.25, -0.2) is 0 Å². The van der Waals surface area contributed by atoms with Gasteiger partial charge in [-0.1, -0.05) is 48.6 Å². The Bertz CT molecular complexity index is 374. The molecule has 0 aliphatic heterocycles. The van der Waals surface area contributed by atoms with Crippen molar-refractivity contribution in [2.45, 2.75) is 31.7 Å². The van der Waals surface area contributed by atoms with Crippen LogP contribution in [0.25, 0.3) is 0 Å². The Kier molecular flexibility index (Phi) is 4.67. The van der Waals surface area contributed by atoms with Crippen LogP contribution in [0.2, 0.25) is 19.1 Å². The number of benzene rings is 1. The smallest absolute Gasteiger partial charge is 0.166 e. The molecule has 0 aliphatic rings. The highest BCUT2D eigenvalue weighted by atomic mass is 35.5. The van der Waals surface area contributed by atoms with Crippen LogP contribution in [0.4, 0.5) is 13.2 Å². The van der Waals surface area contributed by atoms with Gasteiger partial charge in [-0.05, 0) is 6.42 Å². The van der Waals surface area contributed by atoms with Crippen molar-refractivity contribution in [1.82, 2.24) is 0 Å². The zero-order chi connectivity index (χ0) is 13.1. The van der Waals surface area contributed by atoms with Gasteiger partial charge in [0.2, 0.25) is 0 Å². The van der Waals surface area contributed by atoms with E-state index in [1.54, 1.807) is 6.07 Å². The van der Waals surface area contributed by atoms with Crippen molar-refractivity contribution in [1.29, 1.82) is 0 Å². The van der Waals surface area contributed by atoms with Gasteiger partial charge in [0.1, 0.15) is 0 Å². The van der Waals surface area contributed by atoms with Crippen LogP contribution in [0, 0.1) is 0 Å². The zero-order valence-electron chi connectivity index (χ0n) is 9.94. The van der Waals surface area contributed by atoms with Crippen LogP contribution >= 0.6 is 11.6 Å². The standard InChI is InChI=1S/C12H16ClF3Si/c1-17(2,8-4-7-13)11-6-3-5-10(9-11)12(14,15)16/h3,5-6,9H,4,7-8H2,1-2H3. The van der Waals surface area contributed by atoms with Gasteiger partial charge in [0.15, 0.2) is 0 Å². The number of halogens is 4. The molecule has 5 heteroatoms. The first-order chi connectivity index (χ1) is 7.77. The van der Waals surface area contributed by atoms with Gasteiger partial charge in [-0.15, -0.1) is 11.6 Å². The first kappa shape index (κ1) is 14.6. The first-order valence-corrected chi connectivity index (χ1v) is 9.25. The van der Waals surface area contributed by atoms with Crippen molar-refractivity contribution in [3.05, 3.63) is 29.8 Å². The first-order valence-electron chi connectivity index (χ1n) is 5.51. The molecule has 1 aromatic rings. The van der Waals surface area contributed by atoms with Gasteiger partial charge in [0.05, 0.1) is 13.6 Å². The maximum absolute atomic E-state index is 12.6. The molecular formula is C12H16ClF3Si. The summed E-state index contributed by atoms with van der Waals surface area (Å²) in [7, 11) is -1.80. The van der Waals surface area contributed by atoms with Crippen LogP contribution < -0.4 is 5.19 Å². The van der Waals surface area contributed by atoms with E-state index in [4.69, 9.17) is 11.6 Å². The molecule has 0 fully saturated rings. The highest BCUT2D eigenvalue weighted by molar-refractivity contribution is 6.89. The Morgan fingerprint density at radius 2 is 1.88 bits per heavy atom. The molecule has 0 saturated heterocycles. The third kappa shape index (κ3) is 4.03. The minimum absolute atomic E-state index is 0.554. The van der Waals surface area contributed by atoms with Gasteiger partial charge in [-0.3, -0.25) is 0 Å². The molecule has 17 heavy (non-hydrogen) atoms. The lowest BCUT2D eigenvalue weighted by molar-refractivity contribution is -0.137. The SMILES string of the molecule is C[Si](C)(CCCCl)c1cccc(C(F)(F)F)c1. The molecule has 0 saturated carbocycles. The third-order valence-corrected chi connectivity index (χ3v) is 6.65. The fourth-order valence-corrected chi connectivity index (χ4v) is 4.57. The number of hydrogen-bond acceptors (Lipinski definition) is 0. The van der Waals surface area contributed by atoms with Gasteiger partial charge in [0.25, 0.3) is 0 Å². The van der Waals surface area contributed by atoms with Gasteiger partial charge >= 0.3 is 6.18 Å². The summed E-state index contributed by atoms with van der Waals surface area (Å²) in [5.74, 6) is 0.565. The van der Waals surface area contributed by atoms with Gasteiger partial charge in [0, 0.05) is 5.88 Å². The Morgan fingerprint density at radius 3 is 2.41 bits per heavy atom. The lowest BCUT2D eigenvalue weighted by atomic mass is 10.2. The summed E-state index contributed by atoms with van der Waals surface area (Å²) >= 11 is 5.64. The number of hydrogen-bond donors (Lipinski definition) is 0. The molecule has 1 rings (SSSR count). The van der Waals surface area contributed by atoms with Crippen LogP contribution in [0.5, 0.6) is 0 Å². The summed E-state index contributed by atoms with van der Waals surface area (Å²) in [5.41, 5.74) is -0.554. The van der Waals surface area contributed by atoms with E-state index in [0.29, 0.717) is 5.88 Å². The lowest BCUT2D eigenvalue weighted by Gasteiger charge is -2.23. The summed E-state index contributed by atoms with van der Waals surface area (Å²) in [6, 6.07) is 6.62. The van der Waals surface area contributed by atoms with E-state index in [9.17, 15) is 13.2 Å². The second-order valence-corrected chi connectivity index (χ2v) is 9.98. The van der Waals surface area contributed by atoms with Crippen molar-refractivity contribution >= 4 is 24.9 Å². The van der Waals surface area contributed by atoms with E-state index in [0.717, 1.165) is 23.7 Å². The molecular weight excluding hydrogens is 265 g/mol. The molecule has 0 radical (unpaired) electrons. The maximum Gasteiger partial charge on any atom is 0.416 e. The van der Waals surface area contributed by atoms with Crippen LogP contribution in [0.1, 0.15) is 12.0 Å². The molecule has 0 aromatic heterocycles. The highest BCUT2D eigenvalue weighted by Gasteiger charge is 2.32. The van der Waals surface area contributed by atoms with Crippen molar-refractivity contribution in [3.63, 3.8) is 0 Å². The largest absolute Gasteiger partial charge is 0.416 e. The molecule has 96 valence electrons. The molecule has 0 N–H and O–H groups in total. The summed E-state index contributed by atoms with van der Waals surface area (Å²) < 4.78 is 37.8. The number of rotatable bonds is 4. The molecule has 0 aliphatic carbocycles. The summed E-state index contributed by atoms with van der Waals surface area (Å²) in [4.78, 5) is 0. The molecule has 0 unspecified atom stereocenters. The molecule has 0 nitrogen and oxygen atoms in total. The van der Waals surface area contributed by atoms with E-state index in [1.165, 1.54) is 12.1 Å². The summed E-state index contributed by atoms with van der Waals surface area (Å²) in [6.45, 7) is 4.16. The highest BCUT2D eigenvalue weighted by Crippen LogP contribution is 2.29. The summed E-state index contributed by atoms with van der Waals surface area (Å²) in [5, 5.41) is 0.845. The molecule has 0 bridgehead atoms. The average molecular weight is 281 g/mol. The predicted molar refractivity (Wildman–Crippen MR) is 68.7 cm³/mol. The second-order valence-electron chi connectivity index (χ2n) is 4.75. The lowest BCUT2D eigenvalue weighted by Crippen LogP contribution is -2.41. The topological polar surface area (TPSA) is 0 Å². The summed E-state index contributed by atoms with van der Waals surface area (Å²) in [6.07, 6.45) is -3.40. The third-order valence-electron chi connectivity index (χ3n) is 2.91. The zero-order valence-corrected chi connectivity index (χ0v) is 11.7. The molecule has 0 atom stereocenters. The average Bonchev–Trinajstić information content (AvgIpc) is 2.25. The van der Waals surface area contributed by atoms with E-state index < -0.39 is 19.8 Å². The maximum atomic E-state index is 12.6. The molecule has 0 heterocycles. The quantitative estimate of drug-likeness (QED) is 0.571. The van der Waals surface area contributed by atoms with Crippen molar-refractivity contribution in [2.24, 2.45) is 0 Å². The van der Waals surface area contributed by atoms with Crippen molar-refractivity contribution in [2.75, 3.05) is 5.88 Å². The van der Waals surface area contributed by atoms with E-state index in [1.807, 2.05) is 0 Å². The molecule has 1 aromatic carbocycles. The number of alkyl halides is 4. The van der Waals surface area contributed by atoms with Crippen LogP contribution in [-0.4, -0.2) is 14.0 Å². The fourth-order valence-electron chi connectivity index (χ4n) is 1.77. The molecule has 0 spiro atoms. The van der Waals surface area contributed by atoms with E-state index in [-0.39, 0.29) is 0 Å². The van der Waals surface area contributed by atoms with Gasteiger partial charge < -0.3 is 0 Å².